The third-order valence-electron chi connectivity index (χ3n) is 3.97. The Morgan fingerprint density at radius 3 is 2.36 bits per heavy atom. The molecule has 1 aliphatic heterocycles. The average molecular weight is 464 g/mol. The van der Waals surface area contributed by atoms with Gasteiger partial charge < -0.3 is 10.1 Å². The molecule has 1 aliphatic rings. The summed E-state index contributed by atoms with van der Waals surface area (Å²) in [6.07, 6.45) is 0. The summed E-state index contributed by atoms with van der Waals surface area (Å²) in [5.41, 5.74) is 2.49. The summed E-state index contributed by atoms with van der Waals surface area (Å²) in [5.74, 6) is -1.09. The third kappa shape index (κ3) is 2.63. The standard InChI is InChI=1S/C18H9Br2FN2O2/c19-10-4-1-8(2-5-10)15-13-14(18(25)22-15)16(23-17(13)24)9-3-6-11(20)12(21)7-9/h1-7,23-24H. The van der Waals surface area contributed by atoms with Gasteiger partial charge in [0.1, 0.15) is 5.82 Å². The van der Waals surface area contributed by atoms with Crippen molar-refractivity contribution in [2.24, 2.45) is 4.99 Å². The number of nitrogens with one attached hydrogen (secondary N) is 1. The Morgan fingerprint density at radius 1 is 1.00 bits per heavy atom. The van der Waals surface area contributed by atoms with E-state index in [0.29, 0.717) is 32.6 Å². The Bertz CT molecular complexity index is 1060. The lowest BCUT2D eigenvalue weighted by Gasteiger charge is -2.02. The summed E-state index contributed by atoms with van der Waals surface area (Å²) in [4.78, 5) is 19.3. The highest BCUT2D eigenvalue weighted by Crippen LogP contribution is 2.38. The first-order chi connectivity index (χ1) is 12.0. The predicted molar refractivity (Wildman–Crippen MR) is 99.7 cm³/mol. The number of H-pyrrole nitrogens is 1. The Hall–Kier alpha value is -2.25. The zero-order valence-corrected chi connectivity index (χ0v) is 15.7. The van der Waals surface area contributed by atoms with Gasteiger partial charge in [-0.3, -0.25) is 4.79 Å². The molecule has 7 heteroatoms. The van der Waals surface area contributed by atoms with Crippen LogP contribution in [0.5, 0.6) is 5.88 Å². The highest BCUT2D eigenvalue weighted by atomic mass is 79.9. The van der Waals surface area contributed by atoms with Crippen molar-refractivity contribution in [2.75, 3.05) is 0 Å². The van der Waals surface area contributed by atoms with Crippen molar-refractivity contribution in [1.82, 2.24) is 4.98 Å². The number of amides is 1. The molecule has 1 aromatic heterocycles. The molecule has 0 radical (unpaired) electrons. The van der Waals surface area contributed by atoms with Crippen LogP contribution in [0.1, 0.15) is 21.5 Å². The monoisotopic (exact) mass is 462 g/mol. The van der Waals surface area contributed by atoms with Gasteiger partial charge >= 0.3 is 0 Å². The van der Waals surface area contributed by atoms with E-state index >= 15 is 0 Å². The van der Waals surface area contributed by atoms with Crippen LogP contribution < -0.4 is 0 Å². The number of hydrogen-bond donors (Lipinski definition) is 2. The molecule has 2 N–H and O–H groups in total. The molecule has 25 heavy (non-hydrogen) atoms. The highest BCUT2D eigenvalue weighted by molar-refractivity contribution is 9.10. The van der Waals surface area contributed by atoms with E-state index in [9.17, 15) is 14.3 Å². The van der Waals surface area contributed by atoms with Gasteiger partial charge in [0, 0.05) is 15.6 Å². The summed E-state index contributed by atoms with van der Waals surface area (Å²) < 4.78 is 15.1. The fraction of sp³-hybridized carbons (Fsp3) is 0. The van der Waals surface area contributed by atoms with Crippen molar-refractivity contribution in [3.8, 4) is 17.1 Å². The van der Waals surface area contributed by atoms with Crippen molar-refractivity contribution in [2.45, 2.75) is 0 Å². The second-order valence-corrected chi connectivity index (χ2v) is 7.27. The lowest BCUT2D eigenvalue weighted by atomic mass is 10.0. The van der Waals surface area contributed by atoms with E-state index in [2.05, 4.69) is 41.8 Å². The zero-order valence-electron chi connectivity index (χ0n) is 12.5. The molecular weight excluding hydrogens is 455 g/mol. The van der Waals surface area contributed by atoms with Crippen LogP contribution in [-0.4, -0.2) is 21.7 Å². The first kappa shape index (κ1) is 16.2. The molecule has 1 amide bonds. The first-order valence-corrected chi connectivity index (χ1v) is 8.84. The van der Waals surface area contributed by atoms with Crippen LogP contribution in [0.2, 0.25) is 0 Å². The maximum atomic E-state index is 13.9. The van der Waals surface area contributed by atoms with Crippen molar-refractivity contribution in [1.29, 1.82) is 0 Å². The molecular formula is C18H9Br2FN2O2. The van der Waals surface area contributed by atoms with Crippen LogP contribution in [0.15, 0.2) is 56.4 Å². The number of nitrogens with zero attached hydrogens (tertiary/aromatic N) is 1. The number of aliphatic imine (C=N–C) groups is 1. The van der Waals surface area contributed by atoms with E-state index in [1.807, 2.05) is 12.1 Å². The maximum absolute atomic E-state index is 13.9. The van der Waals surface area contributed by atoms with Crippen LogP contribution in [-0.2, 0) is 0 Å². The number of halogens is 3. The number of aromatic amines is 1. The number of carbonyl (C=O) groups excluding carboxylic acids is 1. The first-order valence-electron chi connectivity index (χ1n) is 7.25. The number of benzene rings is 2. The maximum Gasteiger partial charge on any atom is 0.280 e. The van der Waals surface area contributed by atoms with Crippen LogP contribution in [0.3, 0.4) is 0 Å². The number of aromatic nitrogens is 1. The van der Waals surface area contributed by atoms with Crippen LogP contribution in [0.4, 0.5) is 4.39 Å². The van der Waals surface area contributed by atoms with Gasteiger partial charge in [0.05, 0.1) is 27.0 Å². The summed E-state index contributed by atoms with van der Waals surface area (Å²) in [7, 11) is 0. The Labute approximate surface area is 158 Å². The molecule has 124 valence electrons. The number of carbonyl (C=O) groups is 1. The molecule has 0 aliphatic carbocycles. The average Bonchev–Trinajstić information content (AvgIpc) is 3.10. The third-order valence-corrected chi connectivity index (χ3v) is 5.14. The SMILES string of the molecule is O=C1N=C(c2ccc(Br)cc2)c2c(O)[nH]c(-c3ccc(Br)c(F)c3)c21. The van der Waals surface area contributed by atoms with E-state index in [1.165, 1.54) is 6.07 Å². The van der Waals surface area contributed by atoms with E-state index in [0.717, 1.165) is 4.47 Å². The predicted octanol–water partition coefficient (Wildman–Crippen LogP) is 5.04. The van der Waals surface area contributed by atoms with E-state index < -0.39 is 11.7 Å². The fourth-order valence-corrected chi connectivity index (χ4v) is 3.34. The minimum absolute atomic E-state index is 0.166. The minimum Gasteiger partial charge on any atom is -0.494 e. The van der Waals surface area contributed by atoms with Gasteiger partial charge in [0.25, 0.3) is 5.91 Å². The quantitative estimate of drug-likeness (QED) is 0.558. The summed E-state index contributed by atoms with van der Waals surface area (Å²) in [6.45, 7) is 0. The van der Waals surface area contributed by atoms with Crippen LogP contribution >= 0.6 is 31.9 Å². The lowest BCUT2D eigenvalue weighted by Crippen LogP contribution is -1.99. The molecule has 0 fully saturated rings. The molecule has 0 saturated carbocycles. The van der Waals surface area contributed by atoms with Crippen molar-refractivity contribution < 1.29 is 14.3 Å². The van der Waals surface area contributed by atoms with Gasteiger partial charge in [-0.1, -0.05) is 34.1 Å². The zero-order chi connectivity index (χ0) is 17.7. The van der Waals surface area contributed by atoms with Gasteiger partial charge in [-0.15, -0.1) is 0 Å². The number of rotatable bonds is 2. The molecule has 0 spiro atoms. The largest absolute Gasteiger partial charge is 0.494 e. The van der Waals surface area contributed by atoms with Gasteiger partial charge in [0.15, 0.2) is 5.88 Å². The Kier molecular flexibility index (Phi) is 3.85. The van der Waals surface area contributed by atoms with Gasteiger partial charge in [-0.25, -0.2) is 9.38 Å². The number of fused-ring (bicyclic) bond motifs is 1. The molecule has 0 bridgehead atoms. The topological polar surface area (TPSA) is 65.4 Å². The molecule has 0 saturated heterocycles. The summed E-state index contributed by atoms with van der Waals surface area (Å²) >= 11 is 6.46. The van der Waals surface area contributed by atoms with E-state index in [1.54, 1.807) is 24.3 Å². The number of aromatic hydroxyl groups is 1. The molecule has 4 rings (SSSR count). The summed E-state index contributed by atoms with van der Waals surface area (Å²) in [5, 5.41) is 10.3. The van der Waals surface area contributed by atoms with Gasteiger partial charge in [-0.05, 0) is 40.2 Å². The minimum atomic E-state index is -0.470. The highest BCUT2D eigenvalue weighted by Gasteiger charge is 2.33. The number of hydrogen-bond acceptors (Lipinski definition) is 2. The van der Waals surface area contributed by atoms with Crippen LogP contribution in [0, 0.1) is 5.82 Å². The Balaban J connectivity index is 1.88. The lowest BCUT2D eigenvalue weighted by molar-refractivity contribution is 0.101. The molecule has 3 aromatic rings. The van der Waals surface area contributed by atoms with Crippen LogP contribution in [0.25, 0.3) is 11.3 Å². The molecule has 2 heterocycles. The molecule has 0 unspecified atom stereocenters. The molecule has 0 atom stereocenters. The molecule has 4 nitrogen and oxygen atoms in total. The van der Waals surface area contributed by atoms with Gasteiger partial charge in [0.2, 0.25) is 0 Å². The smallest absolute Gasteiger partial charge is 0.280 e. The normalized spacial score (nSPS) is 13.1. The van der Waals surface area contributed by atoms with E-state index in [4.69, 9.17) is 0 Å². The van der Waals surface area contributed by atoms with Crippen molar-refractivity contribution in [3.63, 3.8) is 0 Å². The second-order valence-electron chi connectivity index (χ2n) is 5.50. The van der Waals surface area contributed by atoms with E-state index in [-0.39, 0.29) is 11.4 Å². The van der Waals surface area contributed by atoms with Crippen molar-refractivity contribution in [3.05, 3.63) is 73.9 Å². The molecule has 2 aromatic carbocycles. The Morgan fingerprint density at radius 2 is 1.68 bits per heavy atom. The van der Waals surface area contributed by atoms with Crippen molar-refractivity contribution >= 4 is 43.5 Å². The summed E-state index contributed by atoms with van der Waals surface area (Å²) in [6, 6.07) is 11.8. The second kappa shape index (κ2) is 5.93. The van der Waals surface area contributed by atoms with Gasteiger partial charge in [-0.2, -0.15) is 0 Å². The fourth-order valence-electron chi connectivity index (χ4n) is 2.83.